The second kappa shape index (κ2) is 5.72. The van der Waals surface area contributed by atoms with Crippen molar-refractivity contribution in [1.82, 2.24) is 5.32 Å². The minimum absolute atomic E-state index is 0.0795. The Hall–Kier alpha value is -2.06. The SMILES string of the molecule is COc1ccccc1N1CC(C)NC(CC#N)C1=O. The first-order chi connectivity index (χ1) is 9.17. The van der Waals surface area contributed by atoms with E-state index in [1.165, 1.54) is 0 Å². The smallest absolute Gasteiger partial charge is 0.245 e. The predicted octanol–water partition coefficient (Wildman–Crippen LogP) is 1.30. The number of nitrogens with zero attached hydrogens (tertiary/aromatic N) is 2. The van der Waals surface area contributed by atoms with Gasteiger partial charge in [0.1, 0.15) is 11.8 Å². The summed E-state index contributed by atoms with van der Waals surface area (Å²) in [5.74, 6) is 0.588. The Kier molecular flexibility index (Phi) is 4.03. The van der Waals surface area contributed by atoms with Gasteiger partial charge in [-0.15, -0.1) is 0 Å². The number of carbonyl (C=O) groups excluding carboxylic acids is 1. The zero-order chi connectivity index (χ0) is 13.8. The van der Waals surface area contributed by atoms with Crippen LogP contribution in [0.25, 0.3) is 0 Å². The molecular weight excluding hydrogens is 242 g/mol. The number of amides is 1. The molecule has 1 fully saturated rings. The lowest BCUT2D eigenvalue weighted by molar-refractivity contribution is -0.122. The van der Waals surface area contributed by atoms with Crippen molar-refractivity contribution in [3.8, 4) is 11.8 Å². The number of nitrogens with one attached hydrogen (secondary N) is 1. The van der Waals surface area contributed by atoms with E-state index in [2.05, 4.69) is 5.32 Å². The number of para-hydroxylation sites is 2. The molecule has 100 valence electrons. The van der Waals surface area contributed by atoms with Gasteiger partial charge < -0.3 is 15.0 Å². The summed E-state index contributed by atoms with van der Waals surface area (Å²) in [4.78, 5) is 14.1. The third kappa shape index (κ3) is 2.69. The molecule has 1 aromatic rings. The van der Waals surface area contributed by atoms with Crippen molar-refractivity contribution in [2.75, 3.05) is 18.6 Å². The molecule has 1 aromatic carbocycles. The first-order valence-corrected chi connectivity index (χ1v) is 6.24. The maximum atomic E-state index is 12.4. The molecule has 1 saturated heterocycles. The van der Waals surface area contributed by atoms with E-state index < -0.39 is 6.04 Å². The first-order valence-electron chi connectivity index (χ1n) is 6.24. The lowest BCUT2D eigenvalue weighted by Crippen LogP contribution is -2.59. The minimum atomic E-state index is -0.446. The van der Waals surface area contributed by atoms with Crippen LogP contribution >= 0.6 is 0 Å². The van der Waals surface area contributed by atoms with Gasteiger partial charge in [0, 0.05) is 12.6 Å². The van der Waals surface area contributed by atoms with Crippen LogP contribution in [0.5, 0.6) is 5.75 Å². The number of ether oxygens (including phenoxy) is 1. The number of anilines is 1. The van der Waals surface area contributed by atoms with Crippen molar-refractivity contribution in [2.24, 2.45) is 0 Å². The highest BCUT2D eigenvalue weighted by Gasteiger charge is 2.33. The summed E-state index contributed by atoms with van der Waals surface area (Å²) in [5.41, 5.74) is 0.756. The van der Waals surface area contributed by atoms with Crippen molar-refractivity contribution in [3.05, 3.63) is 24.3 Å². The average Bonchev–Trinajstić information content (AvgIpc) is 2.42. The van der Waals surface area contributed by atoms with Crippen LogP contribution in [-0.2, 0) is 4.79 Å². The highest BCUT2D eigenvalue weighted by Crippen LogP contribution is 2.29. The summed E-state index contributed by atoms with van der Waals surface area (Å²) in [5, 5.41) is 11.9. The van der Waals surface area contributed by atoms with E-state index in [1.54, 1.807) is 12.0 Å². The summed E-state index contributed by atoms with van der Waals surface area (Å²) in [7, 11) is 1.59. The van der Waals surface area contributed by atoms with Gasteiger partial charge in [-0.05, 0) is 19.1 Å². The van der Waals surface area contributed by atoms with Crippen molar-refractivity contribution in [1.29, 1.82) is 5.26 Å². The van der Waals surface area contributed by atoms with Gasteiger partial charge in [0.05, 0.1) is 25.3 Å². The Labute approximate surface area is 112 Å². The zero-order valence-electron chi connectivity index (χ0n) is 11.1. The fraction of sp³-hybridized carbons (Fsp3) is 0.429. The Morgan fingerprint density at radius 3 is 2.95 bits per heavy atom. The van der Waals surface area contributed by atoms with Gasteiger partial charge in [-0.25, -0.2) is 0 Å². The Bertz CT molecular complexity index is 510. The van der Waals surface area contributed by atoms with Gasteiger partial charge in [-0.1, -0.05) is 12.1 Å². The van der Waals surface area contributed by atoms with Gasteiger partial charge in [0.25, 0.3) is 0 Å². The van der Waals surface area contributed by atoms with Crippen LogP contribution in [0, 0.1) is 11.3 Å². The molecule has 1 aliphatic heterocycles. The first kappa shape index (κ1) is 13.4. The van der Waals surface area contributed by atoms with Crippen molar-refractivity contribution >= 4 is 11.6 Å². The molecule has 5 heteroatoms. The Morgan fingerprint density at radius 1 is 1.53 bits per heavy atom. The largest absolute Gasteiger partial charge is 0.495 e. The lowest BCUT2D eigenvalue weighted by Gasteiger charge is -2.36. The number of rotatable bonds is 3. The molecule has 19 heavy (non-hydrogen) atoms. The summed E-state index contributed by atoms with van der Waals surface area (Å²) in [6.07, 6.45) is 0.175. The van der Waals surface area contributed by atoms with Crippen LogP contribution in [0.3, 0.4) is 0 Å². The normalized spacial score (nSPS) is 23.0. The van der Waals surface area contributed by atoms with E-state index in [0.29, 0.717) is 12.3 Å². The quantitative estimate of drug-likeness (QED) is 0.888. The number of benzene rings is 1. The van der Waals surface area contributed by atoms with E-state index in [9.17, 15) is 4.79 Å². The molecule has 0 bridgehead atoms. The fourth-order valence-electron chi connectivity index (χ4n) is 2.33. The summed E-state index contributed by atoms with van der Waals surface area (Å²) in [6.45, 7) is 2.57. The van der Waals surface area contributed by atoms with Gasteiger partial charge in [-0.3, -0.25) is 4.79 Å². The monoisotopic (exact) mass is 259 g/mol. The van der Waals surface area contributed by atoms with E-state index >= 15 is 0 Å². The number of nitriles is 1. The van der Waals surface area contributed by atoms with Crippen LogP contribution in [-0.4, -0.2) is 31.6 Å². The molecule has 2 atom stereocenters. The third-order valence-electron chi connectivity index (χ3n) is 3.18. The van der Waals surface area contributed by atoms with E-state index in [0.717, 1.165) is 5.69 Å². The Balaban J connectivity index is 2.32. The van der Waals surface area contributed by atoms with Crippen LogP contribution in [0.15, 0.2) is 24.3 Å². The predicted molar refractivity (Wildman–Crippen MR) is 72.0 cm³/mol. The van der Waals surface area contributed by atoms with Crippen LogP contribution in [0.2, 0.25) is 0 Å². The average molecular weight is 259 g/mol. The highest BCUT2D eigenvalue weighted by molar-refractivity contribution is 5.99. The molecule has 1 aliphatic rings. The van der Waals surface area contributed by atoms with Gasteiger partial charge >= 0.3 is 0 Å². The fourth-order valence-corrected chi connectivity index (χ4v) is 2.33. The molecule has 0 spiro atoms. The molecule has 0 aliphatic carbocycles. The summed E-state index contributed by atoms with van der Waals surface area (Å²) >= 11 is 0. The molecule has 1 heterocycles. The van der Waals surface area contributed by atoms with Crippen LogP contribution in [0.1, 0.15) is 13.3 Å². The lowest BCUT2D eigenvalue weighted by atomic mass is 10.1. The number of carbonyl (C=O) groups is 1. The van der Waals surface area contributed by atoms with E-state index in [-0.39, 0.29) is 18.4 Å². The molecule has 5 nitrogen and oxygen atoms in total. The van der Waals surface area contributed by atoms with Crippen molar-refractivity contribution in [3.63, 3.8) is 0 Å². The van der Waals surface area contributed by atoms with Gasteiger partial charge in [0.2, 0.25) is 5.91 Å². The summed E-state index contributed by atoms with van der Waals surface area (Å²) < 4.78 is 5.30. The number of methoxy groups -OCH3 is 1. The maximum Gasteiger partial charge on any atom is 0.245 e. The van der Waals surface area contributed by atoms with Crippen molar-refractivity contribution in [2.45, 2.75) is 25.4 Å². The van der Waals surface area contributed by atoms with E-state index in [4.69, 9.17) is 10.00 Å². The standard InChI is InChI=1S/C14H17N3O2/c1-10-9-17(14(18)11(16-10)7-8-15)12-5-3-4-6-13(12)19-2/h3-6,10-11,16H,7,9H2,1-2H3. The molecule has 2 unspecified atom stereocenters. The molecule has 0 saturated carbocycles. The second-order valence-corrected chi connectivity index (χ2v) is 4.60. The minimum Gasteiger partial charge on any atom is -0.495 e. The van der Waals surface area contributed by atoms with Gasteiger partial charge in [0.15, 0.2) is 0 Å². The topological polar surface area (TPSA) is 65.4 Å². The molecule has 0 aromatic heterocycles. The molecule has 1 amide bonds. The second-order valence-electron chi connectivity index (χ2n) is 4.60. The molecule has 0 radical (unpaired) electrons. The van der Waals surface area contributed by atoms with Crippen LogP contribution < -0.4 is 15.0 Å². The molecule has 1 N–H and O–H groups in total. The number of hydrogen-bond donors (Lipinski definition) is 1. The zero-order valence-corrected chi connectivity index (χ0v) is 11.1. The molecular formula is C14H17N3O2. The number of hydrogen-bond acceptors (Lipinski definition) is 4. The third-order valence-corrected chi connectivity index (χ3v) is 3.18. The highest BCUT2D eigenvalue weighted by atomic mass is 16.5. The van der Waals surface area contributed by atoms with Crippen LogP contribution in [0.4, 0.5) is 5.69 Å². The number of piperazine rings is 1. The Morgan fingerprint density at radius 2 is 2.26 bits per heavy atom. The van der Waals surface area contributed by atoms with Crippen molar-refractivity contribution < 1.29 is 9.53 Å². The maximum absolute atomic E-state index is 12.4. The summed E-state index contributed by atoms with van der Waals surface area (Å²) in [6, 6.07) is 9.17. The molecule has 2 rings (SSSR count). The van der Waals surface area contributed by atoms with E-state index in [1.807, 2.05) is 37.3 Å². The van der Waals surface area contributed by atoms with Gasteiger partial charge in [-0.2, -0.15) is 5.26 Å².